The fourth-order valence-electron chi connectivity index (χ4n) is 4.92. The number of nitrogens with zero attached hydrogens (tertiary/aromatic N) is 3. The van der Waals surface area contributed by atoms with E-state index in [-0.39, 0.29) is 24.8 Å². The molecule has 3 heterocycles. The molecule has 2 aromatic heterocycles. The molecule has 1 aliphatic rings. The number of imide groups is 1. The summed E-state index contributed by atoms with van der Waals surface area (Å²) in [5, 5.41) is 3.30. The van der Waals surface area contributed by atoms with Crippen LogP contribution in [0.15, 0.2) is 84.2 Å². The number of aryl methyl sites for hydroxylation is 1. The first kappa shape index (κ1) is 26.4. The summed E-state index contributed by atoms with van der Waals surface area (Å²) >= 11 is 9.07. The Labute approximate surface area is 244 Å². The zero-order chi connectivity index (χ0) is 27.8. The maximum Gasteiger partial charge on any atom is 0.264 e. The molecule has 40 heavy (non-hydrogen) atoms. The predicted octanol–water partition coefficient (Wildman–Crippen LogP) is 7.00. The van der Waals surface area contributed by atoms with E-state index in [1.54, 1.807) is 41.7 Å². The van der Waals surface area contributed by atoms with Gasteiger partial charge < -0.3 is 4.90 Å². The van der Waals surface area contributed by atoms with Gasteiger partial charge in [0, 0.05) is 17.1 Å². The minimum absolute atomic E-state index is 0.0650. The van der Waals surface area contributed by atoms with Crippen LogP contribution in [-0.2, 0) is 16.0 Å². The Hall–Kier alpha value is -3.85. The summed E-state index contributed by atoms with van der Waals surface area (Å²) in [6, 6.07) is 23.5. The third-order valence-corrected chi connectivity index (χ3v) is 9.10. The molecule has 1 aliphatic heterocycles. The SMILES string of the molecule is Cc1ccc2nc(-c3ccc(N4C(=O)CC(N(CCc5cccc(Cl)c5)C(=O)c5cccs5)C4=O)cc3)sc2c1. The first-order valence-corrected chi connectivity index (χ1v) is 14.9. The zero-order valence-corrected chi connectivity index (χ0v) is 23.9. The number of carbonyl (C=O) groups excluding carboxylic acids is 3. The standard InChI is InChI=1S/C31H24ClN3O3S2/c1-19-7-12-24-27(16-19)40-29(33-24)21-8-10-23(11-9-21)35-28(36)18-25(30(35)37)34(31(38)26-6-3-15-39-26)14-13-20-4-2-5-22(32)17-20/h2-12,15-17,25H,13-14,18H2,1H3. The molecule has 1 unspecified atom stereocenters. The number of hydrogen-bond acceptors (Lipinski definition) is 6. The number of fused-ring (bicyclic) bond motifs is 1. The van der Waals surface area contributed by atoms with Gasteiger partial charge in [-0.25, -0.2) is 9.88 Å². The molecule has 1 atom stereocenters. The molecular weight excluding hydrogens is 562 g/mol. The summed E-state index contributed by atoms with van der Waals surface area (Å²) in [6.07, 6.45) is 0.441. The van der Waals surface area contributed by atoms with E-state index in [1.807, 2.05) is 47.8 Å². The molecule has 6 rings (SSSR count). The molecule has 1 fully saturated rings. The van der Waals surface area contributed by atoms with Crippen LogP contribution in [0.3, 0.4) is 0 Å². The number of rotatable bonds is 7. The molecule has 1 saturated heterocycles. The van der Waals surface area contributed by atoms with Crippen molar-refractivity contribution in [3.8, 4) is 10.6 Å². The first-order valence-electron chi connectivity index (χ1n) is 12.8. The molecule has 0 radical (unpaired) electrons. The highest BCUT2D eigenvalue weighted by Gasteiger charge is 2.44. The van der Waals surface area contributed by atoms with Crippen LogP contribution in [0.25, 0.3) is 20.8 Å². The number of aromatic nitrogens is 1. The Balaban J connectivity index is 1.25. The quantitative estimate of drug-likeness (QED) is 0.193. The van der Waals surface area contributed by atoms with Crippen LogP contribution in [0.4, 0.5) is 5.69 Å². The third-order valence-electron chi connectivity index (χ3n) is 6.94. The summed E-state index contributed by atoms with van der Waals surface area (Å²) in [6.45, 7) is 2.34. The van der Waals surface area contributed by atoms with E-state index in [4.69, 9.17) is 16.6 Å². The molecule has 9 heteroatoms. The number of benzene rings is 3. The van der Waals surface area contributed by atoms with Crippen LogP contribution < -0.4 is 4.90 Å². The van der Waals surface area contributed by atoms with Crippen LogP contribution in [0.1, 0.15) is 27.2 Å². The number of hydrogen-bond donors (Lipinski definition) is 0. The van der Waals surface area contributed by atoms with E-state index < -0.39 is 11.9 Å². The van der Waals surface area contributed by atoms with Crippen molar-refractivity contribution in [3.05, 3.63) is 105 Å². The van der Waals surface area contributed by atoms with Gasteiger partial charge in [0.2, 0.25) is 5.91 Å². The summed E-state index contributed by atoms with van der Waals surface area (Å²) in [5.41, 5.74) is 4.46. The number of thiophene rings is 1. The third kappa shape index (κ3) is 5.18. The Bertz CT molecular complexity index is 1730. The maximum atomic E-state index is 13.7. The van der Waals surface area contributed by atoms with Crippen molar-refractivity contribution in [2.45, 2.75) is 25.8 Å². The Kier molecular flexibility index (Phi) is 7.23. The van der Waals surface area contributed by atoms with Gasteiger partial charge in [0.15, 0.2) is 0 Å². The van der Waals surface area contributed by atoms with Gasteiger partial charge in [0.1, 0.15) is 11.0 Å². The number of amides is 3. The van der Waals surface area contributed by atoms with Gasteiger partial charge in [0.25, 0.3) is 11.8 Å². The van der Waals surface area contributed by atoms with E-state index in [0.29, 0.717) is 22.0 Å². The summed E-state index contributed by atoms with van der Waals surface area (Å²) < 4.78 is 1.11. The minimum atomic E-state index is -0.881. The molecule has 3 amide bonds. The van der Waals surface area contributed by atoms with E-state index in [2.05, 4.69) is 13.0 Å². The molecule has 5 aromatic rings. The lowest BCUT2D eigenvalue weighted by Crippen LogP contribution is -2.46. The van der Waals surface area contributed by atoms with E-state index >= 15 is 0 Å². The highest BCUT2D eigenvalue weighted by Crippen LogP contribution is 2.33. The highest BCUT2D eigenvalue weighted by atomic mass is 35.5. The first-order chi connectivity index (χ1) is 19.4. The Morgan fingerprint density at radius 1 is 1.05 bits per heavy atom. The van der Waals surface area contributed by atoms with Crippen LogP contribution in [0.2, 0.25) is 5.02 Å². The van der Waals surface area contributed by atoms with Gasteiger partial charge in [0.05, 0.1) is 27.2 Å². The number of thiazole rings is 1. The number of halogens is 1. The molecule has 0 N–H and O–H groups in total. The van der Waals surface area contributed by atoms with Crippen molar-refractivity contribution in [2.24, 2.45) is 0 Å². The van der Waals surface area contributed by atoms with Crippen molar-refractivity contribution < 1.29 is 14.4 Å². The fourth-order valence-corrected chi connectivity index (χ4v) is 6.88. The van der Waals surface area contributed by atoms with Crippen LogP contribution in [0.5, 0.6) is 0 Å². The topological polar surface area (TPSA) is 70.6 Å². The molecule has 0 saturated carbocycles. The zero-order valence-electron chi connectivity index (χ0n) is 21.5. The van der Waals surface area contributed by atoms with Crippen LogP contribution in [0, 0.1) is 6.92 Å². The minimum Gasteiger partial charge on any atom is -0.325 e. The lowest BCUT2D eigenvalue weighted by atomic mass is 10.1. The average molecular weight is 586 g/mol. The second-order valence-corrected chi connectivity index (χ2v) is 12.1. The average Bonchev–Trinajstić information content (AvgIpc) is 3.68. The predicted molar refractivity (Wildman–Crippen MR) is 161 cm³/mol. The van der Waals surface area contributed by atoms with Gasteiger partial charge in [-0.2, -0.15) is 0 Å². The Morgan fingerprint density at radius 2 is 1.88 bits per heavy atom. The van der Waals surface area contributed by atoms with E-state index in [1.165, 1.54) is 26.7 Å². The van der Waals surface area contributed by atoms with Crippen molar-refractivity contribution in [1.82, 2.24) is 9.88 Å². The van der Waals surface area contributed by atoms with Crippen molar-refractivity contribution in [2.75, 3.05) is 11.4 Å². The Morgan fingerprint density at radius 3 is 2.62 bits per heavy atom. The molecule has 0 bridgehead atoms. The maximum absolute atomic E-state index is 13.7. The lowest BCUT2D eigenvalue weighted by Gasteiger charge is -2.27. The molecule has 0 aliphatic carbocycles. The van der Waals surface area contributed by atoms with Crippen molar-refractivity contribution in [3.63, 3.8) is 0 Å². The molecule has 3 aromatic carbocycles. The van der Waals surface area contributed by atoms with Gasteiger partial charge >= 0.3 is 0 Å². The van der Waals surface area contributed by atoms with Crippen LogP contribution in [-0.4, -0.2) is 40.2 Å². The number of anilines is 1. The highest BCUT2D eigenvalue weighted by molar-refractivity contribution is 7.21. The summed E-state index contributed by atoms with van der Waals surface area (Å²) in [5.74, 6) is -0.986. The smallest absolute Gasteiger partial charge is 0.264 e. The normalized spacial score (nSPS) is 15.2. The van der Waals surface area contributed by atoms with Gasteiger partial charge in [-0.3, -0.25) is 14.4 Å². The van der Waals surface area contributed by atoms with E-state index in [0.717, 1.165) is 26.4 Å². The monoisotopic (exact) mass is 585 g/mol. The summed E-state index contributed by atoms with van der Waals surface area (Å²) in [7, 11) is 0. The lowest BCUT2D eigenvalue weighted by molar-refractivity contribution is -0.122. The van der Waals surface area contributed by atoms with Gasteiger partial charge in [-0.1, -0.05) is 35.9 Å². The van der Waals surface area contributed by atoms with Gasteiger partial charge in [-0.15, -0.1) is 22.7 Å². The summed E-state index contributed by atoms with van der Waals surface area (Å²) in [4.78, 5) is 48.3. The number of carbonyl (C=O) groups is 3. The molecule has 6 nitrogen and oxygen atoms in total. The second-order valence-electron chi connectivity index (χ2n) is 9.68. The molecular formula is C31H24ClN3O3S2. The van der Waals surface area contributed by atoms with Gasteiger partial charge in [-0.05, 0) is 84.4 Å². The van der Waals surface area contributed by atoms with Crippen molar-refractivity contribution >= 4 is 67.9 Å². The fraction of sp³-hybridized carbons (Fsp3) is 0.161. The largest absolute Gasteiger partial charge is 0.325 e. The van der Waals surface area contributed by atoms with Crippen molar-refractivity contribution in [1.29, 1.82) is 0 Å². The molecule has 0 spiro atoms. The second kappa shape index (κ2) is 11.0. The van der Waals surface area contributed by atoms with E-state index in [9.17, 15) is 14.4 Å². The molecule has 200 valence electrons. The van der Waals surface area contributed by atoms with Crippen LogP contribution >= 0.6 is 34.3 Å².